The van der Waals surface area contributed by atoms with E-state index >= 15 is 0 Å². The minimum Gasteiger partial charge on any atom is -0.368 e. The summed E-state index contributed by atoms with van der Waals surface area (Å²) in [5.74, 6) is 0. The average molecular weight is 282 g/mol. The largest absolute Gasteiger partial charge is 0.368 e. The fourth-order valence-corrected chi connectivity index (χ4v) is 3.83. The second-order valence-corrected chi connectivity index (χ2v) is 6.50. The number of hydrogen-bond acceptors (Lipinski definition) is 4. The summed E-state index contributed by atoms with van der Waals surface area (Å²) in [5.41, 5.74) is 1.14. The molecule has 0 unspecified atom stereocenters. The van der Waals surface area contributed by atoms with Crippen LogP contribution in [-0.2, 0) is 16.8 Å². The highest BCUT2D eigenvalue weighted by Gasteiger charge is 2.38. The smallest absolute Gasteiger partial charge is 0.125 e. The molecule has 3 nitrogen and oxygen atoms in total. The van der Waals surface area contributed by atoms with Gasteiger partial charge in [-0.25, -0.2) is 4.98 Å². The molecule has 0 aromatic carbocycles. The van der Waals surface area contributed by atoms with E-state index in [1.165, 1.54) is 23.5 Å². The molecule has 0 spiro atoms. The zero-order valence-electron chi connectivity index (χ0n) is 12.4. The van der Waals surface area contributed by atoms with Crippen molar-refractivity contribution in [3.8, 4) is 0 Å². The van der Waals surface area contributed by atoms with Crippen molar-refractivity contribution < 1.29 is 4.74 Å². The van der Waals surface area contributed by atoms with Gasteiger partial charge in [0.2, 0.25) is 0 Å². The highest BCUT2D eigenvalue weighted by atomic mass is 32.1. The second kappa shape index (κ2) is 6.82. The van der Waals surface area contributed by atoms with Crippen LogP contribution < -0.4 is 5.32 Å². The Labute approximate surface area is 120 Å². The van der Waals surface area contributed by atoms with E-state index in [4.69, 9.17) is 9.72 Å². The van der Waals surface area contributed by atoms with Crippen molar-refractivity contribution in [3.05, 3.63) is 16.1 Å². The molecule has 108 valence electrons. The first-order chi connectivity index (χ1) is 9.16. The van der Waals surface area contributed by atoms with E-state index in [1.807, 2.05) is 0 Å². The fourth-order valence-electron chi connectivity index (χ4n) is 2.76. The lowest BCUT2D eigenvalue weighted by atomic mass is 10.0. The SMILES string of the molecule is CCOC1(c2nc(CCNC(C)C)cs2)CCCC1. The number of hydrogen-bond donors (Lipinski definition) is 1. The quantitative estimate of drug-likeness (QED) is 0.831. The maximum absolute atomic E-state index is 6.06. The van der Waals surface area contributed by atoms with Crippen LogP contribution in [0.2, 0.25) is 0 Å². The van der Waals surface area contributed by atoms with Crippen LogP contribution >= 0.6 is 11.3 Å². The van der Waals surface area contributed by atoms with Crippen LogP contribution in [0.15, 0.2) is 5.38 Å². The summed E-state index contributed by atoms with van der Waals surface area (Å²) < 4.78 is 6.06. The van der Waals surface area contributed by atoms with Crippen molar-refractivity contribution in [2.45, 2.75) is 64.5 Å². The molecule has 0 atom stereocenters. The van der Waals surface area contributed by atoms with Crippen molar-refractivity contribution >= 4 is 11.3 Å². The first kappa shape index (κ1) is 14.9. The zero-order valence-corrected chi connectivity index (χ0v) is 13.2. The van der Waals surface area contributed by atoms with Crippen molar-refractivity contribution in [2.75, 3.05) is 13.2 Å². The van der Waals surface area contributed by atoms with Crippen molar-refractivity contribution in [3.63, 3.8) is 0 Å². The standard InChI is InChI=1S/C15H26N2OS/c1-4-18-15(8-5-6-9-15)14-17-13(11-19-14)7-10-16-12(2)3/h11-12,16H,4-10H2,1-3H3. The van der Waals surface area contributed by atoms with Gasteiger partial charge in [0.1, 0.15) is 10.6 Å². The predicted molar refractivity (Wildman–Crippen MR) is 80.7 cm³/mol. The number of aromatic nitrogens is 1. The zero-order chi connectivity index (χ0) is 13.7. The molecule has 4 heteroatoms. The summed E-state index contributed by atoms with van der Waals surface area (Å²) in [4.78, 5) is 4.83. The molecule has 1 heterocycles. The van der Waals surface area contributed by atoms with Gasteiger partial charge in [0.05, 0.1) is 5.69 Å². The Morgan fingerprint density at radius 3 is 2.79 bits per heavy atom. The Balaban J connectivity index is 1.98. The van der Waals surface area contributed by atoms with E-state index in [0.29, 0.717) is 6.04 Å². The molecule has 0 bridgehead atoms. The summed E-state index contributed by atoms with van der Waals surface area (Å²) in [6, 6.07) is 0.544. The molecular formula is C15H26N2OS. The summed E-state index contributed by atoms with van der Waals surface area (Å²) in [5, 5.41) is 6.85. The van der Waals surface area contributed by atoms with Gasteiger partial charge in [-0.2, -0.15) is 0 Å². The molecule has 1 N–H and O–H groups in total. The van der Waals surface area contributed by atoms with Crippen LogP contribution in [0.4, 0.5) is 0 Å². The molecule has 1 saturated carbocycles. The normalized spacial score (nSPS) is 18.3. The number of nitrogens with zero attached hydrogens (tertiary/aromatic N) is 1. The lowest BCUT2D eigenvalue weighted by Crippen LogP contribution is -2.26. The first-order valence-corrected chi connectivity index (χ1v) is 8.36. The molecule has 1 fully saturated rings. The van der Waals surface area contributed by atoms with Gasteiger partial charge in [0.25, 0.3) is 0 Å². The molecule has 1 aliphatic rings. The van der Waals surface area contributed by atoms with Gasteiger partial charge < -0.3 is 10.1 Å². The Kier molecular flexibility index (Phi) is 5.37. The molecule has 2 rings (SSSR count). The third kappa shape index (κ3) is 3.77. The number of rotatable bonds is 7. The van der Waals surface area contributed by atoms with Gasteiger partial charge in [-0.1, -0.05) is 26.7 Å². The van der Waals surface area contributed by atoms with Gasteiger partial charge in [-0.15, -0.1) is 11.3 Å². The third-order valence-electron chi connectivity index (χ3n) is 3.71. The molecule has 0 radical (unpaired) electrons. The Morgan fingerprint density at radius 1 is 1.42 bits per heavy atom. The van der Waals surface area contributed by atoms with E-state index in [0.717, 1.165) is 32.4 Å². The highest BCUT2D eigenvalue weighted by molar-refractivity contribution is 7.09. The maximum atomic E-state index is 6.06. The van der Waals surface area contributed by atoms with E-state index in [2.05, 4.69) is 31.5 Å². The topological polar surface area (TPSA) is 34.1 Å². The maximum Gasteiger partial charge on any atom is 0.125 e. The monoisotopic (exact) mass is 282 g/mol. The van der Waals surface area contributed by atoms with Gasteiger partial charge in [-0.05, 0) is 19.8 Å². The number of thiazole rings is 1. The van der Waals surface area contributed by atoms with E-state index < -0.39 is 0 Å². The average Bonchev–Trinajstić information content (AvgIpc) is 2.98. The Hall–Kier alpha value is -0.450. The fraction of sp³-hybridized carbons (Fsp3) is 0.800. The molecule has 0 aliphatic heterocycles. The molecular weight excluding hydrogens is 256 g/mol. The summed E-state index contributed by atoms with van der Waals surface area (Å²) in [7, 11) is 0. The van der Waals surface area contributed by atoms with Crippen LogP contribution in [0.1, 0.15) is 57.2 Å². The second-order valence-electron chi connectivity index (χ2n) is 5.64. The summed E-state index contributed by atoms with van der Waals surface area (Å²) >= 11 is 1.78. The molecule has 0 saturated heterocycles. The van der Waals surface area contributed by atoms with E-state index in [1.54, 1.807) is 11.3 Å². The molecule has 1 aliphatic carbocycles. The predicted octanol–water partition coefficient (Wildman–Crippen LogP) is 3.49. The van der Waals surface area contributed by atoms with Gasteiger partial charge in [-0.3, -0.25) is 0 Å². The van der Waals surface area contributed by atoms with Gasteiger partial charge >= 0.3 is 0 Å². The minimum atomic E-state index is -0.0663. The van der Waals surface area contributed by atoms with Crippen LogP contribution in [0, 0.1) is 0 Å². The summed E-state index contributed by atoms with van der Waals surface area (Å²) in [6.45, 7) is 8.22. The van der Waals surface area contributed by atoms with Gasteiger partial charge in [0.15, 0.2) is 0 Å². The third-order valence-corrected chi connectivity index (χ3v) is 4.78. The first-order valence-electron chi connectivity index (χ1n) is 7.48. The Bertz CT molecular complexity index is 383. The van der Waals surface area contributed by atoms with E-state index in [-0.39, 0.29) is 5.60 Å². The lowest BCUT2D eigenvalue weighted by molar-refractivity contribution is -0.0392. The molecule has 1 aromatic rings. The van der Waals surface area contributed by atoms with Crippen molar-refractivity contribution in [1.82, 2.24) is 10.3 Å². The lowest BCUT2D eigenvalue weighted by Gasteiger charge is -2.26. The van der Waals surface area contributed by atoms with E-state index in [9.17, 15) is 0 Å². The molecule has 19 heavy (non-hydrogen) atoms. The van der Waals surface area contributed by atoms with Crippen molar-refractivity contribution in [2.24, 2.45) is 0 Å². The Morgan fingerprint density at radius 2 is 2.16 bits per heavy atom. The highest BCUT2D eigenvalue weighted by Crippen LogP contribution is 2.43. The summed E-state index contributed by atoms with van der Waals surface area (Å²) in [6.07, 6.45) is 5.82. The van der Waals surface area contributed by atoms with Crippen LogP contribution in [0.25, 0.3) is 0 Å². The number of nitrogens with one attached hydrogen (secondary N) is 1. The molecule has 1 aromatic heterocycles. The van der Waals surface area contributed by atoms with Crippen LogP contribution in [0.5, 0.6) is 0 Å². The number of ether oxygens (including phenoxy) is 1. The van der Waals surface area contributed by atoms with Crippen LogP contribution in [0.3, 0.4) is 0 Å². The molecule has 0 amide bonds. The van der Waals surface area contributed by atoms with Crippen LogP contribution in [-0.4, -0.2) is 24.2 Å². The van der Waals surface area contributed by atoms with Crippen molar-refractivity contribution in [1.29, 1.82) is 0 Å². The van der Waals surface area contributed by atoms with Gasteiger partial charge in [0, 0.05) is 31.0 Å². The minimum absolute atomic E-state index is 0.0663.